The van der Waals surface area contributed by atoms with Crippen molar-refractivity contribution in [3.63, 3.8) is 0 Å². The van der Waals surface area contributed by atoms with Gasteiger partial charge in [-0.3, -0.25) is 0 Å². The molecule has 21 heavy (non-hydrogen) atoms. The van der Waals surface area contributed by atoms with E-state index in [0.717, 1.165) is 25.4 Å². The maximum Gasteiger partial charge on any atom is 0.315 e. The molecule has 0 aromatic carbocycles. The monoisotopic (exact) mass is 308 g/mol. The number of nitrogens with one attached hydrogen (secondary N) is 2. The van der Waals surface area contributed by atoms with E-state index in [1.807, 2.05) is 6.92 Å². The number of urea groups is 1. The average molecular weight is 308 g/mol. The van der Waals surface area contributed by atoms with Crippen LogP contribution in [0.3, 0.4) is 0 Å². The SMILES string of the molecule is Cc1ccc([C@H](C)NC(=O)N[C@H]2CCO[C@H](C3CC3)C2)s1. The molecule has 1 saturated carbocycles. The Labute approximate surface area is 130 Å². The van der Waals surface area contributed by atoms with E-state index in [1.54, 1.807) is 11.3 Å². The Bertz CT molecular complexity index is 498. The number of ether oxygens (including phenoxy) is 1. The molecule has 2 aliphatic rings. The van der Waals surface area contributed by atoms with Gasteiger partial charge in [0.15, 0.2) is 0 Å². The van der Waals surface area contributed by atoms with Crippen molar-refractivity contribution in [1.82, 2.24) is 10.6 Å². The number of carbonyl (C=O) groups is 1. The fourth-order valence-electron chi connectivity index (χ4n) is 2.94. The minimum atomic E-state index is -0.0602. The number of amides is 2. The molecule has 0 radical (unpaired) electrons. The van der Waals surface area contributed by atoms with Crippen LogP contribution >= 0.6 is 11.3 Å². The first-order valence-electron chi connectivity index (χ1n) is 7.87. The zero-order chi connectivity index (χ0) is 14.8. The van der Waals surface area contributed by atoms with E-state index in [1.165, 1.54) is 22.6 Å². The molecular weight excluding hydrogens is 284 g/mol. The quantitative estimate of drug-likeness (QED) is 0.896. The summed E-state index contributed by atoms with van der Waals surface area (Å²) in [7, 11) is 0. The Morgan fingerprint density at radius 2 is 2.19 bits per heavy atom. The molecule has 116 valence electrons. The summed E-state index contributed by atoms with van der Waals surface area (Å²) < 4.78 is 5.80. The van der Waals surface area contributed by atoms with Crippen LogP contribution in [0.2, 0.25) is 0 Å². The first kappa shape index (κ1) is 14.9. The standard InChI is InChI=1S/C16H24N2O2S/c1-10-3-6-15(21-10)11(2)17-16(19)18-13-7-8-20-14(9-13)12-4-5-12/h3,6,11-14H,4-5,7-9H2,1-2H3,(H2,17,18,19)/t11-,13-,14-/m0/s1. The molecule has 2 fully saturated rings. The van der Waals surface area contributed by atoms with Crippen LogP contribution in [0.25, 0.3) is 0 Å². The maximum atomic E-state index is 12.1. The molecular formula is C16H24N2O2S. The lowest BCUT2D eigenvalue weighted by atomic mass is 10.0. The van der Waals surface area contributed by atoms with Crippen molar-refractivity contribution in [1.29, 1.82) is 0 Å². The van der Waals surface area contributed by atoms with Crippen molar-refractivity contribution in [2.45, 2.75) is 57.7 Å². The van der Waals surface area contributed by atoms with E-state index >= 15 is 0 Å². The highest BCUT2D eigenvalue weighted by atomic mass is 32.1. The Kier molecular flexibility index (Phi) is 4.50. The minimum Gasteiger partial charge on any atom is -0.378 e. The van der Waals surface area contributed by atoms with E-state index in [2.05, 4.69) is 29.7 Å². The summed E-state index contributed by atoms with van der Waals surface area (Å²) in [6.45, 7) is 4.88. The van der Waals surface area contributed by atoms with Gasteiger partial charge in [-0.15, -0.1) is 11.3 Å². The molecule has 1 aromatic rings. The van der Waals surface area contributed by atoms with E-state index in [9.17, 15) is 4.79 Å². The largest absolute Gasteiger partial charge is 0.378 e. The third-order valence-corrected chi connectivity index (χ3v) is 5.52. The predicted octanol–water partition coefficient (Wildman–Crippen LogP) is 3.37. The van der Waals surface area contributed by atoms with Gasteiger partial charge in [-0.25, -0.2) is 4.79 Å². The van der Waals surface area contributed by atoms with Gasteiger partial charge >= 0.3 is 6.03 Å². The molecule has 0 unspecified atom stereocenters. The minimum absolute atomic E-state index is 0.0581. The fraction of sp³-hybridized carbons (Fsp3) is 0.688. The summed E-state index contributed by atoms with van der Waals surface area (Å²) in [5, 5.41) is 6.15. The zero-order valence-electron chi connectivity index (χ0n) is 12.7. The van der Waals surface area contributed by atoms with Crippen LogP contribution in [0.5, 0.6) is 0 Å². The molecule has 3 atom stereocenters. The van der Waals surface area contributed by atoms with Crippen LogP contribution < -0.4 is 10.6 Å². The summed E-state index contributed by atoms with van der Waals surface area (Å²) in [6, 6.07) is 4.43. The van der Waals surface area contributed by atoms with Crippen molar-refractivity contribution in [2.24, 2.45) is 5.92 Å². The second-order valence-electron chi connectivity index (χ2n) is 6.26. The van der Waals surface area contributed by atoms with Gasteiger partial charge in [0, 0.05) is 22.4 Å². The van der Waals surface area contributed by atoms with Crippen molar-refractivity contribution >= 4 is 17.4 Å². The number of rotatable bonds is 4. The molecule has 2 N–H and O–H groups in total. The van der Waals surface area contributed by atoms with Crippen LogP contribution in [0, 0.1) is 12.8 Å². The van der Waals surface area contributed by atoms with Crippen LogP contribution in [0.15, 0.2) is 12.1 Å². The molecule has 1 aliphatic carbocycles. The smallest absolute Gasteiger partial charge is 0.315 e. The summed E-state index contributed by atoms with van der Waals surface area (Å²) in [5.74, 6) is 0.741. The molecule has 2 amide bonds. The zero-order valence-corrected chi connectivity index (χ0v) is 13.5. The number of hydrogen-bond donors (Lipinski definition) is 2. The third-order valence-electron chi connectivity index (χ3n) is 4.33. The van der Waals surface area contributed by atoms with Gasteiger partial charge in [-0.1, -0.05) is 0 Å². The summed E-state index contributed by atoms with van der Waals surface area (Å²) >= 11 is 1.73. The lowest BCUT2D eigenvalue weighted by molar-refractivity contribution is -0.00917. The van der Waals surface area contributed by atoms with Crippen molar-refractivity contribution in [2.75, 3.05) is 6.61 Å². The van der Waals surface area contributed by atoms with Crippen LogP contribution in [0.4, 0.5) is 4.79 Å². The molecule has 1 aromatic heterocycles. The Balaban J connectivity index is 1.47. The molecule has 1 saturated heterocycles. The second kappa shape index (κ2) is 6.36. The molecule has 3 rings (SSSR count). The van der Waals surface area contributed by atoms with Crippen LogP contribution in [-0.2, 0) is 4.74 Å². The highest BCUT2D eigenvalue weighted by Crippen LogP contribution is 2.38. The highest BCUT2D eigenvalue weighted by Gasteiger charge is 2.36. The number of thiophene rings is 1. The highest BCUT2D eigenvalue weighted by molar-refractivity contribution is 7.12. The normalized spacial score (nSPS) is 27.1. The average Bonchev–Trinajstić information content (AvgIpc) is 3.21. The van der Waals surface area contributed by atoms with E-state index in [-0.39, 0.29) is 18.1 Å². The van der Waals surface area contributed by atoms with Gasteiger partial charge in [-0.05, 0) is 57.6 Å². The van der Waals surface area contributed by atoms with Crippen LogP contribution in [-0.4, -0.2) is 24.8 Å². The predicted molar refractivity (Wildman–Crippen MR) is 84.6 cm³/mol. The lowest BCUT2D eigenvalue weighted by Gasteiger charge is -2.30. The van der Waals surface area contributed by atoms with Gasteiger partial charge in [-0.2, -0.15) is 0 Å². The number of hydrogen-bond acceptors (Lipinski definition) is 3. The molecule has 0 spiro atoms. The van der Waals surface area contributed by atoms with Gasteiger partial charge in [0.2, 0.25) is 0 Å². The summed E-state index contributed by atoms with van der Waals surface area (Å²) in [5.41, 5.74) is 0. The molecule has 4 nitrogen and oxygen atoms in total. The van der Waals surface area contributed by atoms with Gasteiger partial charge < -0.3 is 15.4 Å². The topological polar surface area (TPSA) is 50.4 Å². The molecule has 1 aliphatic heterocycles. The van der Waals surface area contributed by atoms with E-state index in [0.29, 0.717) is 6.10 Å². The van der Waals surface area contributed by atoms with E-state index in [4.69, 9.17) is 4.74 Å². The van der Waals surface area contributed by atoms with Gasteiger partial charge in [0.05, 0.1) is 12.1 Å². The number of aryl methyl sites for hydroxylation is 1. The molecule has 2 heterocycles. The fourth-order valence-corrected chi connectivity index (χ4v) is 3.82. The van der Waals surface area contributed by atoms with E-state index < -0.39 is 0 Å². The summed E-state index contributed by atoms with van der Waals surface area (Å²) in [4.78, 5) is 14.6. The Morgan fingerprint density at radius 1 is 1.38 bits per heavy atom. The maximum absolute atomic E-state index is 12.1. The van der Waals surface area contributed by atoms with Crippen LogP contribution in [0.1, 0.15) is 48.4 Å². The lowest BCUT2D eigenvalue weighted by Crippen LogP contribution is -2.47. The van der Waals surface area contributed by atoms with Gasteiger partial charge in [0.1, 0.15) is 0 Å². The third kappa shape index (κ3) is 3.98. The Hall–Kier alpha value is -1.07. The second-order valence-corrected chi connectivity index (χ2v) is 7.58. The van der Waals surface area contributed by atoms with Crippen molar-refractivity contribution in [3.05, 3.63) is 21.9 Å². The Morgan fingerprint density at radius 3 is 2.86 bits per heavy atom. The molecule has 5 heteroatoms. The number of carbonyl (C=O) groups excluding carboxylic acids is 1. The first-order chi connectivity index (χ1) is 10.1. The molecule has 0 bridgehead atoms. The summed E-state index contributed by atoms with van der Waals surface area (Å²) in [6.07, 6.45) is 4.83. The van der Waals surface area contributed by atoms with Crippen molar-refractivity contribution < 1.29 is 9.53 Å². The van der Waals surface area contributed by atoms with Crippen molar-refractivity contribution in [3.8, 4) is 0 Å². The van der Waals surface area contributed by atoms with Gasteiger partial charge in [0.25, 0.3) is 0 Å². The first-order valence-corrected chi connectivity index (χ1v) is 8.68.